The molecule has 15 heavy (non-hydrogen) atoms. The van der Waals surface area contributed by atoms with Gasteiger partial charge in [-0.25, -0.2) is 15.0 Å². The van der Waals surface area contributed by atoms with Crippen molar-refractivity contribution in [3.8, 4) is 0 Å². The average Bonchev–Trinajstić information content (AvgIpc) is 2.65. The van der Waals surface area contributed by atoms with Gasteiger partial charge in [0.2, 0.25) is 0 Å². The number of halogens is 1. The molecule has 2 aromatic heterocycles. The molecule has 0 aromatic carbocycles. The minimum absolute atomic E-state index is 0.778. The van der Waals surface area contributed by atoms with Gasteiger partial charge in [-0.3, -0.25) is 0 Å². The zero-order chi connectivity index (χ0) is 10.7. The Hall–Kier alpha value is -0.530. The van der Waals surface area contributed by atoms with E-state index >= 15 is 0 Å². The fourth-order valence-electron chi connectivity index (χ4n) is 0.886. The van der Waals surface area contributed by atoms with Crippen molar-refractivity contribution >= 4 is 39.2 Å². The molecule has 2 heterocycles. The molecule has 0 fully saturated rings. The lowest BCUT2D eigenvalue weighted by Gasteiger charge is -1.95. The normalized spacial score (nSPS) is 10.5. The summed E-state index contributed by atoms with van der Waals surface area (Å²) in [5.41, 5.74) is 0. The summed E-state index contributed by atoms with van der Waals surface area (Å²) in [6.45, 7) is 2.04. The smallest absolute Gasteiger partial charge is 0.176 e. The van der Waals surface area contributed by atoms with Crippen molar-refractivity contribution in [2.45, 2.75) is 22.7 Å². The fourth-order valence-corrected chi connectivity index (χ4v) is 2.96. The number of nitrogens with zero attached hydrogens (tertiary/aromatic N) is 4. The molecule has 0 spiro atoms. The Kier molecular flexibility index (Phi) is 3.66. The molecular formula is C8H7BrN4S2. The van der Waals surface area contributed by atoms with E-state index in [4.69, 9.17) is 0 Å². The second-order valence-electron chi connectivity index (χ2n) is 2.61. The van der Waals surface area contributed by atoms with Crippen LogP contribution in [0.15, 0.2) is 26.4 Å². The van der Waals surface area contributed by atoms with Gasteiger partial charge < -0.3 is 0 Å². The van der Waals surface area contributed by atoms with Crippen molar-refractivity contribution in [1.82, 2.24) is 19.3 Å². The molecular weight excluding hydrogens is 296 g/mol. The van der Waals surface area contributed by atoms with E-state index in [0.717, 1.165) is 26.2 Å². The third kappa shape index (κ3) is 2.96. The highest BCUT2D eigenvalue weighted by atomic mass is 79.9. The van der Waals surface area contributed by atoms with Gasteiger partial charge in [0.05, 0.1) is 0 Å². The van der Waals surface area contributed by atoms with Gasteiger partial charge in [-0.15, -0.1) is 0 Å². The highest BCUT2D eigenvalue weighted by Crippen LogP contribution is 2.28. The van der Waals surface area contributed by atoms with Crippen LogP contribution in [0.25, 0.3) is 0 Å². The first-order valence-electron chi connectivity index (χ1n) is 4.26. The summed E-state index contributed by atoms with van der Waals surface area (Å²) >= 11 is 6.20. The van der Waals surface area contributed by atoms with E-state index in [1.807, 2.05) is 13.0 Å². The number of aryl methyl sites for hydroxylation is 1. The molecule has 7 heteroatoms. The quantitative estimate of drug-likeness (QED) is 0.816. The maximum absolute atomic E-state index is 4.35. The van der Waals surface area contributed by atoms with E-state index in [0.29, 0.717) is 0 Å². The molecule has 2 rings (SSSR count). The summed E-state index contributed by atoms with van der Waals surface area (Å²) < 4.78 is 5.90. The summed E-state index contributed by atoms with van der Waals surface area (Å²) in [4.78, 5) is 12.4. The van der Waals surface area contributed by atoms with E-state index in [-0.39, 0.29) is 0 Å². The lowest BCUT2D eigenvalue weighted by Crippen LogP contribution is -1.83. The van der Waals surface area contributed by atoms with Crippen LogP contribution >= 0.6 is 39.2 Å². The molecule has 0 radical (unpaired) electrons. The van der Waals surface area contributed by atoms with Crippen LogP contribution in [0.4, 0.5) is 0 Å². The Balaban J connectivity index is 2.14. The molecule has 0 saturated heterocycles. The third-order valence-electron chi connectivity index (χ3n) is 1.57. The van der Waals surface area contributed by atoms with Crippen LogP contribution in [0, 0.1) is 0 Å². The standard InChI is InChI=1S/C8H7BrN4S2/c1-2-6-12-8(15-13-6)14-7-3-5(9)10-4-11-7/h3-4H,2H2,1H3. The number of hydrogen-bond donors (Lipinski definition) is 0. The minimum Gasteiger partial charge on any atom is -0.230 e. The molecule has 0 atom stereocenters. The fraction of sp³-hybridized carbons (Fsp3) is 0.250. The van der Waals surface area contributed by atoms with Gasteiger partial charge in [0, 0.05) is 12.5 Å². The predicted molar refractivity (Wildman–Crippen MR) is 63.1 cm³/mol. The van der Waals surface area contributed by atoms with Crippen molar-refractivity contribution in [1.29, 1.82) is 0 Å². The van der Waals surface area contributed by atoms with Gasteiger partial charge in [-0.05, 0) is 39.2 Å². The maximum atomic E-state index is 4.35. The lowest BCUT2D eigenvalue weighted by molar-refractivity contribution is 0.968. The molecule has 0 amide bonds. The molecule has 0 aliphatic heterocycles. The topological polar surface area (TPSA) is 51.6 Å². The predicted octanol–water partition coefficient (Wildman–Crippen LogP) is 2.80. The number of hydrogen-bond acceptors (Lipinski definition) is 6. The van der Waals surface area contributed by atoms with Gasteiger partial charge in [0.15, 0.2) is 4.34 Å². The van der Waals surface area contributed by atoms with E-state index in [2.05, 4.69) is 35.3 Å². The average molecular weight is 303 g/mol. The Morgan fingerprint density at radius 1 is 1.47 bits per heavy atom. The first-order chi connectivity index (χ1) is 7.28. The SMILES string of the molecule is CCc1nsc(Sc2cc(Br)ncn2)n1. The highest BCUT2D eigenvalue weighted by molar-refractivity contribution is 9.10. The first kappa shape index (κ1) is 11.0. The first-order valence-corrected chi connectivity index (χ1v) is 6.64. The van der Waals surface area contributed by atoms with E-state index in [1.54, 1.807) is 0 Å². The van der Waals surface area contributed by atoms with Crippen LogP contribution in [0.2, 0.25) is 0 Å². The van der Waals surface area contributed by atoms with Crippen LogP contribution in [0.5, 0.6) is 0 Å². The second kappa shape index (κ2) is 5.00. The molecule has 0 N–H and O–H groups in total. The Morgan fingerprint density at radius 2 is 2.33 bits per heavy atom. The lowest BCUT2D eigenvalue weighted by atomic mass is 10.5. The molecule has 0 saturated carbocycles. The van der Waals surface area contributed by atoms with Gasteiger partial charge in [0.1, 0.15) is 21.8 Å². The van der Waals surface area contributed by atoms with Gasteiger partial charge in [-0.1, -0.05) is 6.92 Å². The summed E-state index contributed by atoms with van der Waals surface area (Å²) in [6.07, 6.45) is 2.39. The largest absolute Gasteiger partial charge is 0.230 e. The monoisotopic (exact) mass is 302 g/mol. The van der Waals surface area contributed by atoms with Gasteiger partial charge in [0.25, 0.3) is 0 Å². The molecule has 78 valence electrons. The summed E-state index contributed by atoms with van der Waals surface area (Å²) in [5, 5.41) is 0.871. The Labute approximate surface area is 104 Å². The van der Waals surface area contributed by atoms with Crippen molar-refractivity contribution in [2.24, 2.45) is 0 Å². The van der Waals surface area contributed by atoms with Crippen LogP contribution in [0.3, 0.4) is 0 Å². The van der Waals surface area contributed by atoms with Crippen LogP contribution in [0.1, 0.15) is 12.7 Å². The second-order valence-corrected chi connectivity index (χ2v) is 5.44. The zero-order valence-corrected chi connectivity index (χ0v) is 11.1. The molecule has 0 aliphatic rings. The number of aromatic nitrogens is 4. The van der Waals surface area contributed by atoms with Gasteiger partial charge in [-0.2, -0.15) is 4.37 Å². The molecule has 2 aromatic rings. The summed E-state index contributed by atoms with van der Waals surface area (Å²) in [5.74, 6) is 0.885. The van der Waals surface area contributed by atoms with Gasteiger partial charge >= 0.3 is 0 Å². The van der Waals surface area contributed by atoms with Crippen LogP contribution in [-0.4, -0.2) is 19.3 Å². The molecule has 0 unspecified atom stereocenters. The molecule has 0 aliphatic carbocycles. The minimum atomic E-state index is 0.778. The zero-order valence-electron chi connectivity index (χ0n) is 7.85. The van der Waals surface area contributed by atoms with Crippen LogP contribution in [-0.2, 0) is 6.42 Å². The number of rotatable bonds is 3. The van der Waals surface area contributed by atoms with Crippen molar-refractivity contribution in [2.75, 3.05) is 0 Å². The third-order valence-corrected chi connectivity index (χ3v) is 3.72. The molecule has 4 nitrogen and oxygen atoms in total. The van der Waals surface area contributed by atoms with Crippen molar-refractivity contribution in [3.63, 3.8) is 0 Å². The summed E-state index contributed by atoms with van der Waals surface area (Å²) in [7, 11) is 0. The van der Waals surface area contributed by atoms with E-state index < -0.39 is 0 Å². The Morgan fingerprint density at radius 3 is 3.00 bits per heavy atom. The van der Waals surface area contributed by atoms with E-state index in [1.165, 1.54) is 29.6 Å². The Bertz CT molecular complexity index is 459. The van der Waals surface area contributed by atoms with Crippen molar-refractivity contribution in [3.05, 3.63) is 22.8 Å². The summed E-state index contributed by atoms with van der Waals surface area (Å²) in [6, 6.07) is 1.86. The molecule has 0 bridgehead atoms. The van der Waals surface area contributed by atoms with E-state index in [9.17, 15) is 0 Å². The van der Waals surface area contributed by atoms with Crippen LogP contribution < -0.4 is 0 Å². The highest BCUT2D eigenvalue weighted by Gasteiger charge is 2.05. The van der Waals surface area contributed by atoms with Crippen molar-refractivity contribution < 1.29 is 0 Å². The maximum Gasteiger partial charge on any atom is 0.176 e.